The molecule has 1 aromatic carbocycles. The molecule has 3 aromatic rings. The van der Waals surface area contributed by atoms with Crippen LogP contribution >= 0.6 is 0 Å². The molecular weight excluding hydrogens is 404 g/mol. The summed E-state index contributed by atoms with van der Waals surface area (Å²) in [5, 5.41) is 20.5. The third kappa shape index (κ3) is 4.18. The van der Waals surface area contributed by atoms with Gasteiger partial charge in [-0.05, 0) is 31.0 Å². The number of nitro groups is 1. The minimum atomic E-state index is -0.520. The van der Waals surface area contributed by atoms with Crippen molar-refractivity contribution in [3.05, 3.63) is 58.5 Å². The highest BCUT2D eigenvalue weighted by molar-refractivity contribution is 5.81. The molecule has 0 atom stereocenters. The van der Waals surface area contributed by atoms with E-state index in [1.807, 2.05) is 11.0 Å². The van der Waals surface area contributed by atoms with Gasteiger partial charge in [0.1, 0.15) is 11.8 Å². The van der Waals surface area contributed by atoms with Gasteiger partial charge in [0, 0.05) is 25.1 Å². The molecule has 0 bridgehead atoms. The number of para-hydroxylation sites is 2. The first-order valence-electron chi connectivity index (χ1n) is 9.56. The van der Waals surface area contributed by atoms with Crippen molar-refractivity contribution in [1.29, 1.82) is 5.26 Å². The summed E-state index contributed by atoms with van der Waals surface area (Å²) in [6.45, 7) is 0.982. The first kappa shape index (κ1) is 20.0. The van der Waals surface area contributed by atoms with Crippen LogP contribution in [-0.4, -0.2) is 28.9 Å². The molecule has 31 heavy (non-hydrogen) atoms. The number of piperidine rings is 1. The first-order chi connectivity index (χ1) is 15.1. The first-order valence-corrected chi connectivity index (χ1v) is 9.56. The summed E-state index contributed by atoms with van der Waals surface area (Å²) in [4.78, 5) is 29.1. The third-order valence-corrected chi connectivity index (χ3v) is 5.02. The molecule has 11 heteroatoms. The number of aromatic nitrogens is 1. The van der Waals surface area contributed by atoms with Gasteiger partial charge >= 0.3 is 0 Å². The molecule has 1 aliphatic heterocycles. The highest BCUT2D eigenvalue weighted by atomic mass is 16.6. The number of oxazole rings is 1. The number of benzene rings is 1. The molecule has 0 aliphatic carbocycles. The van der Waals surface area contributed by atoms with Gasteiger partial charge < -0.3 is 13.7 Å². The van der Waals surface area contributed by atoms with E-state index in [1.54, 1.807) is 24.3 Å². The number of carbonyl (C=O) groups excluding carboxylic acids is 1. The topological polar surface area (TPSA) is 150 Å². The van der Waals surface area contributed by atoms with Gasteiger partial charge in [0.05, 0.1) is 11.2 Å². The van der Waals surface area contributed by atoms with Gasteiger partial charge in [-0.15, -0.1) is 0 Å². The van der Waals surface area contributed by atoms with Gasteiger partial charge in [0.25, 0.3) is 11.6 Å². The monoisotopic (exact) mass is 422 g/mol. The number of hydrogen-bond acceptors (Lipinski definition) is 9. The van der Waals surface area contributed by atoms with Crippen LogP contribution in [0.2, 0.25) is 0 Å². The Hall–Kier alpha value is -4.33. The molecule has 158 valence electrons. The van der Waals surface area contributed by atoms with Crippen LogP contribution < -0.4 is 15.8 Å². The summed E-state index contributed by atoms with van der Waals surface area (Å²) in [5.74, 6) is 0.464. The van der Waals surface area contributed by atoms with Crippen LogP contribution in [0.5, 0.6) is 0 Å². The molecule has 1 aliphatic rings. The maximum atomic E-state index is 12.5. The van der Waals surface area contributed by atoms with E-state index in [0.29, 0.717) is 37.6 Å². The molecule has 2 aromatic heterocycles. The van der Waals surface area contributed by atoms with Crippen molar-refractivity contribution in [3.63, 3.8) is 0 Å². The number of nitro benzene ring substituents is 1. The van der Waals surface area contributed by atoms with Crippen LogP contribution in [0.15, 0.2) is 51.5 Å². The summed E-state index contributed by atoms with van der Waals surface area (Å²) in [6.07, 6.45) is 2.53. The van der Waals surface area contributed by atoms with E-state index >= 15 is 0 Å². The standard InChI is InChI=1S/C20H18N6O5/c21-12-15-20(31-19(22-15)17-6-3-11-30-17)25-9-7-13(8-10-25)18(27)24-23-14-4-1-2-5-16(14)26(28)29/h1-6,11,13,23H,7-10H2,(H,24,27). The minimum absolute atomic E-state index is 0.126. The maximum absolute atomic E-state index is 12.5. The second-order valence-electron chi connectivity index (χ2n) is 6.91. The van der Waals surface area contributed by atoms with Crippen molar-refractivity contribution < 1.29 is 18.6 Å². The summed E-state index contributed by atoms with van der Waals surface area (Å²) in [7, 11) is 0. The summed E-state index contributed by atoms with van der Waals surface area (Å²) < 4.78 is 11.0. The molecular formula is C20H18N6O5. The smallest absolute Gasteiger partial charge is 0.294 e. The molecule has 0 saturated carbocycles. The normalized spacial score (nSPS) is 14.1. The molecule has 0 spiro atoms. The number of hydrogen-bond donors (Lipinski definition) is 2. The maximum Gasteiger partial charge on any atom is 0.294 e. The number of furan rings is 1. The van der Waals surface area contributed by atoms with Crippen molar-refractivity contribution in [2.45, 2.75) is 12.8 Å². The van der Waals surface area contributed by atoms with E-state index < -0.39 is 4.92 Å². The summed E-state index contributed by atoms with van der Waals surface area (Å²) >= 11 is 0. The Morgan fingerprint density at radius 2 is 2.03 bits per heavy atom. The number of rotatable bonds is 6. The van der Waals surface area contributed by atoms with E-state index in [2.05, 4.69) is 15.8 Å². The number of anilines is 2. The zero-order valence-electron chi connectivity index (χ0n) is 16.3. The lowest BCUT2D eigenvalue weighted by Gasteiger charge is -2.30. The third-order valence-electron chi connectivity index (χ3n) is 5.02. The second kappa shape index (κ2) is 8.58. The average molecular weight is 422 g/mol. The lowest BCUT2D eigenvalue weighted by Crippen LogP contribution is -2.42. The van der Waals surface area contributed by atoms with Gasteiger partial charge in [-0.25, -0.2) is 0 Å². The van der Waals surface area contributed by atoms with Gasteiger partial charge in [0.2, 0.25) is 17.5 Å². The van der Waals surface area contributed by atoms with E-state index in [-0.39, 0.29) is 34.8 Å². The Balaban J connectivity index is 1.36. The Morgan fingerprint density at radius 3 is 2.71 bits per heavy atom. The van der Waals surface area contributed by atoms with Crippen LogP contribution in [0.3, 0.4) is 0 Å². The van der Waals surface area contributed by atoms with Gasteiger partial charge in [-0.2, -0.15) is 10.2 Å². The Morgan fingerprint density at radius 1 is 1.26 bits per heavy atom. The summed E-state index contributed by atoms with van der Waals surface area (Å²) in [6, 6.07) is 11.5. The van der Waals surface area contributed by atoms with E-state index in [1.165, 1.54) is 18.4 Å². The molecule has 0 radical (unpaired) electrons. The van der Waals surface area contributed by atoms with E-state index in [9.17, 15) is 20.2 Å². The number of nitriles is 1. The predicted molar refractivity (Wildman–Crippen MR) is 109 cm³/mol. The van der Waals surface area contributed by atoms with Crippen molar-refractivity contribution in [2.24, 2.45) is 5.92 Å². The Bertz CT molecular complexity index is 1130. The van der Waals surface area contributed by atoms with Crippen molar-refractivity contribution in [2.75, 3.05) is 23.4 Å². The molecule has 1 amide bonds. The van der Waals surface area contributed by atoms with Crippen molar-refractivity contribution in [3.8, 4) is 17.7 Å². The van der Waals surface area contributed by atoms with Crippen LogP contribution in [0.1, 0.15) is 18.5 Å². The zero-order valence-corrected chi connectivity index (χ0v) is 16.3. The second-order valence-corrected chi connectivity index (χ2v) is 6.91. The summed E-state index contributed by atoms with van der Waals surface area (Å²) in [5.41, 5.74) is 5.43. The molecule has 3 heterocycles. The average Bonchev–Trinajstić information content (AvgIpc) is 3.47. The molecule has 1 saturated heterocycles. The molecule has 2 N–H and O–H groups in total. The molecule has 4 rings (SSSR count). The highest BCUT2D eigenvalue weighted by Gasteiger charge is 2.29. The fourth-order valence-corrected chi connectivity index (χ4v) is 3.42. The largest absolute Gasteiger partial charge is 0.459 e. The highest BCUT2D eigenvalue weighted by Crippen LogP contribution is 2.31. The van der Waals surface area contributed by atoms with Gasteiger partial charge in [0.15, 0.2) is 5.76 Å². The SMILES string of the molecule is N#Cc1nc(-c2ccco2)oc1N1CCC(C(=O)NNc2ccccc2[N+](=O)[O-])CC1. The molecule has 11 nitrogen and oxygen atoms in total. The number of nitrogens with one attached hydrogen (secondary N) is 2. The van der Waals surface area contributed by atoms with Crippen LogP contribution in [0.25, 0.3) is 11.7 Å². The van der Waals surface area contributed by atoms with Crippen LogP contribution in [-0.2, 0) is 4.79 Å². The lowest BCUT2D eigenvalue weighted by molar-refractivity contribution is -0.384. The number of hydrazine groups is 1. The fourth-order valence-electron chi connectivity index (χ4n) is 3.42. The number of nitrogens with zero attached hydrogens (tertiary/aromatic N) is 4. The number of carbonyl (C=O) groups is 1. The Labute approximate surface area is 176 Å². The minimum Gasteiger partial charge on any atom is -0.459 e. The predicted octanol–water partition coefficient (Wildman–Crippen LogP) is 3.07. The zero-order chi connectivity index (χ0) is 21.8. The van der Waals surface area contributed by atoms with E-state index in [4.69, 9.17) is 8.83 Å². The van der Waals surface area contributed by atoms with Gasteiger partial charge in [-0.1, -0.05) is 12.1 Å². The van der Waals surface area contributed by atoms with Crippen molar-refractivity contribution in [1.82, 2.24) is 10.4 Å². The molecule has 1 fully saturated rings. The Kier molecular flexibility index (Phi) is 5.53. The number of amides is 1. The lowest BCUT2D eigenvalue weighted by atomic mass is 9.96. The quantitative estimate of drug-likeness (QED) is 0.451. The fraction of sp³-hybridized carbons (Fsp3) is 0.250. The van der Waals surface area contributed by atoms with Gasteiger partial charge in [-0.3, -0.25) is 25.8 Å². The van der Waals surface area contributed by atoms with Crippen molar-refractivity contribution >= 4 is 23.2 Å². The van der Waals surface area contributed by atoms with E-state index in [0.717, 1.165) is 0 Å². The molecule has 0 unspecified atom stereocenters. The van der Waals surface area contributed by atoms with Crippen LogP contribution in [0.4, 0.5) is 17.3 Å². The van der Waals surface area contributed by atoms with Crippen LogP contribution in [0, 0.1) is 27.4 Å².